The lowest BCUT2D eigenvalue weighted by atomic mass is 10.2. The number of halogens is 1. The Kier molecular flexibility index (Phi) is 6.78. The quantitative estimate of drug-likeness (QED) is 0.360. The third-order valence-corrected chi connectivity index (χ3v) is 6.04. The molecule has 1 heterocycles. The largest absolute Gasteiger partial charge is 0.325 e. The Morgan fingerprint density at radius 1 is 0.938 bits per heavy atom. The topological polar surface area (TPSA) is 76.0 Å². The number of nitrogens with zero attached hydrogens (tertiary/aromatic N) is 2. The zero-order valence-corrected chi connectivity index (χ0v) is 18.9. The third kappa shape index (κ3) is 5.30. The van der Waals surface area contributed by atoms with Crippen LogP contribution >= 0.6 is 23.4 Å². The molecule has 0 bridgehead atoms. The minimum atomic E-state index is -0.229. The van der Waals surface area contributed by atoms with Crippen molar-refractivity contribution in [3.05, 3.63) is 83.4 Å². The third-order valence-electron chi connectivity index (χ3n) is 4.74. The maximum Gasteiger partial charge on any atom is 0.244 e. The lowest BCUT2D eigenvalue weighted by Crippen LogP contribution is -2.20. The highest BCUT2D eigenvalue weighted by atomic mass is 35.5. The molecule has 32 heavy (non-hydrogen) atoms. The number of fused-ring (bicyclic) bond motifs is 1. The first-order valence-corrected chi connectivity index (χ1v) is 11.3. The van der Waals surface area contributed by atoms with Crippen LogP contribution in [-0.4, -0.2) is 27.1 Å². The molecule has 0 aliphatic heterocycles. The van der Waals surface area contributed by atoms with Gasteiger partial charge in [-0.2, -0.15) is 0 Å². The van der Waals surface area contributed by atoms with Gasteiger partial charge < -0.3 is 15.2 Å². The first kappa shape index (κ1) is 21.9. The Bertz CT molecular complexity index is 1270. The molecule has 4 aromatic rings. The number of thioether (sulfide) groups is 1. The van der Waals surface area contributed by atoms with Crippen molar-refractivity contribution in [2.24, 2.45) is 0 Å². The molecule has 0 unspecified atom stereocenters. The average molecular weight is 465 g/mol. The molecule has 3 aromatic carbocycles. The summed E-state index contributed by atoms with van der Waals surface area (Å²) in [5.74, 6) is -0.200. The maximum atomic E-state index is 12.7. The van der Waals surface area contributed by atoms with Crippen LogP contribution in [0.1, 0.15) is 5.56 Å². The summed E-state index contributed by atoms with van der Waals surface area (Å²) in [6, 6.07) is 22.3. The van der Waals surface area contributed by atoms with E-state index in [1.165, 1.54) is 11.8 Å². The molecule has 0 fully saturated rings. The summed E-state index contributed by atoms with van der Waals surface area (Å²) in [4.78, 5) is 29.8. The average Bonchev–Trinajstić information content (AvgIpc) is 3.13. The number of hydrogen-bond donors (Lipinski definition) is 2. The van der Waals surface area contributed by atoms with Crippen LogP contribution in [0.5, 0.6) is 0 Å². The zero-order valence-electron chi connectivity index (χ0n) is 17.3. The predicted molar refractivity (Wildman–Crippen MR) is 130 cm³/mol. The number of nitrogens with one attached hydrogen (secondary N) is 2. The molecule has 0 aliphatic carbocycles. The molecule has 2 N–H and O–H groups in total. The standard InChI is InChI=1S/C24H21ClN4O2S/c1-16-10-12-17(13-11-16)26-23(31)15-32-24-28-20-8-4-5-9-21(20)29(24)14-22(30)27-19-7-3-2-6-18(19)25/h2-13H,14-15H2,1H3,(H,26,31)(H,27,30). The highest BCUT2D eigenvalue weighted by Crippen LogP contribution is 2.25. The van der Waals surface area contributed by atoms with Crippen molar-refractivity contribution < 1.29 is 9.59 Å². The molecule has 0 aliphatic rings. The van der Waals surface area contributed by atoms with Gasteiger partial charge in [-0.25, -0.2) is 4.98 Å². The van der Waals surface area contributed by atoms with Crippen LogP contribution in [-0.2, 0) is 16.1 Å². The number of hydrogen-bond acceptors (Lipinski definition) is 4. The summed E-state index contributed by atoms with van der Waals surface area (Å²) in [5.41, 5.74) is 4.01. The molecule has 0 atom stereocenters. The van der Waals surface area contributed by atoms with E-state index in [0.29, 0.717) is 15.9 Å². The number of carbonyl (C=O) groups is 2. The van der Waals surface area contributed by atoms with Crippen LogP contribution in [0.2, 0.25) is 5.02 Å². The van der Waals surface area contributed by atoms with E-state index in [9.17, 15) is 9.59 Å². The molecule has 6 nitrogen and oxygen atoms in total. The number of para-hydroxylation sites is 3. The van der Waals surface area contributed by atoms with E-state index < -0.39 is 0 Å². The highest BCUT2D eigenvalue weighted by Gasteiger charge is 2.16. The lowest BCUT2D eigenvalue weighted by Gasteiger charge is -2.11. The molecular formula is C24H21ClN4O2S. The SMILES string of the molecule is Cc1ccc(NC(=O)CSc2nc3ccccc3n2CC(=O)Nc2ccccc2Cl)cc1. The maximum absolute atomic E-state index is 12.7. The van der Waals surface area contributed by atoms with Crippen molar-refractivity contribution in [3.8, 4) is 0 Å². The van der Waals surface area contributed by atoms with Crippen LogP contribution in [0.4, 0.5) is 11.4 Å². The minimum Gasteiger partial charge on any atom is -0.325 e. The van der Waals surface area contributed by atoms with Gasteiger partial charge in [-0.15, -0.1) is 0 Å². The van der Waals surface area contributed by atoms with E-state index >= 15 is 0 Å². The summed E-state index contributed by atoms with van der Waals surface area (Å²) >= 11 is 7.44. The highest BCUT2D eigenvalue weighted by molar-refractivity contribution is 7.99. The Balaban J connectivity index is 1.48. The zero-order chi connectivity index (χ0) is 22.5. The fraction of sp³-hybridized carbons (Fsp3) is 0.125. The van der Waals surface area contributed by atoms with Gasteiger partial charge in [-0.05, 0) is 43.3 Å². The predicted octanol–water partition coefficient (Wildman–Crippen LogP) is 5.37. The summed E-state index contributed by atoms with van der Waals surface area (Å²) in [6.07, 6.45) is 0. The van der Waals surface area contributed by atoms with E-state index in [2.05, 4.69) is 15.6 Å². The van der Waals surface area contributed by atoms with Gasteiger partial charge in [0.2, 0.25) is 11.8 Å². The number of rotatable bonds is 7. The van der Waals surface area contributed by atoms with E-state index in [1.54, 1.807) is 18.2 Å². The van der Waals surface area contributed by atoms with Gasteiger partial charge in [-0.3, -0.25) is 9.59 Å². The normalized spacial score (nSPS) is 10.8. The van der Waals surface area contributed by atoms with Gasteiger partial charge in [0, 0.05) is 5.69 Å². The Morgan fingerprint density at radius 2 is 1.66 bits per heavy atom. The van der Waals surface area contributed by atoms with Crippen LogP contribution in [0.25, 0.3) is 11.0 Å². The second-order valence-electron chi connectivity index (χ2n) is 7.20. The number of imidazole rings is 1. The van der Waals surface area contributed by atoms with Crippen molar-refractivity contribution in [1.82, 2.24) is 9.55 Å². The van der Waals surface area contributed by atoms with Gasteiger partial charge >= 0.3 is 0 Å². The van der Waals surface area contributed by atoms with Crippen molar-refractivity contribution in [2.45, 2.75) is 18.6 Å². The van der Waals surface area contributed by atoms with E-state index in [0.717, 1.165) is 22.3 Å². The second kappa shape index (κ2) is 9.89. The monoisotopic (exact) mass is 464 g/mol. The van der Waals surface area contributed by atoms with Gasteiger partial charge in [0.05, 0.1) is 27.5 Å². The van der Waals surface area contributed by atoms with Crippen molar-refractivity contribution in [3.63, 3.8) is 0 Å². The summed E-state index contributed by atoms with van der Waals surface area (Å²) in [6.45, 7) is 2.04. The molecule has 8 heteroatoms. The molecule has 2 amide bonds. The smallest absolute Gasteiger partial charge is 0.244 e. The van der Waals surface area contributed by atoms with E-state index in [-0.39, 0.29) is 24.1 Å². The number of carbonyl (C=O) groups excluding carboxylic acids is 2. The summed E-state index contributed by atoms with van der Waals surface area (Å²) in [7, 11) is 0. The van der Waals surface area contributed by atoms with E-state index in [4.69, 9.17) is 11.6 Å². The van der Waals surface area contributed by atoms with Crippen LogP contribution in [0.3, 0.4) is 0 Å². The molecule has 0 radical (unpaired) electrons. The van der Waals surface area contributed by atoms with Crippen molar-refractivity contribution >= 4 is 57.6 Å². The fourth-order valence-corrected chi connectivity index (χ4v) is 4.17. The summed E-state index contributed by atoms with van der Waals surface area (Å²) in [5, 5.41) is 6.78. The lowest BCUT2D eigenvalue weighted by molar-refractivity contribution is -0.117. The van der Waals surface area contributed by atoms with Crippen molar-refractivity contribution in [1.29, 1.82) is 0 Å². The van der Waals surface area contributed by atoms with Crippen molar-refractivity contribution in [2.75, 3.05) is 16.4 Å². The molecule has 162 valence electrons. The molecule has 1 aromatic heterocycles. The first-order chi connectivity index (χ1) is 15.5. The Labute approximate surface area is 195 Å². The summed E-state index contributed by atoms with van der Waals surface area (Å²) < 4.78 is 1.81. The number of benzene rings is 3. The van der Waals surface area contributed by atoms with Crippen LogP contribution in [0.15, 0.2) is 78.0 Å². The van der Waals surface area contributed by atoms with Crippen LogP contribution in [0, 0.1) is 6.92 Å². The molecular weight excluding hydrogens is 444 g/mol. The minimum absolute atomic E-state index is 0.0493. The first-order valence-electron chi connectivity index (χ1n) is 9.98. The molecule has 0 saturated heterocycles. The Hall–Kier alpha value is -3.29. The molecule has 0 spiro atoms. The number of amides is 2. The van der Waals surface area contributed by atoms with Gasteiger partial charge in [0.1, 0.15) is 6.54 Å². The fourth-order valence-electron chi connectivity index (χ4n) is 3.18. The number of aryl methyl sites for hydroxylation is 1. The molecule has 4 rings (SSSR count). The van der Waals surface area contributed by atoms with Gasteiger partial charge in [-0.1, -0.05) is 65.3 Å². The molecule has 0 saturated carbocycles. The second-order valence-corrected chi connectivity index (χ2v) is 8.55. The van der Waals surface area contributed by atoms with Gasteiger partial charge in [0.15, 0.2) is 5.16 Å². The van der Waals surface area contributed by atoms with Crippen LogP contribution < -0.4 is 10.6 Å². The van der Waals surface area contributed by atoms with E-state index in [1.807, 2.05) is 66.1 Å². The number of anilines is 2. The van der Waals surface area contributed by atoms with Gasteiger partial charge in [0.25, 0.3) is 0 Å². The number of aromatic nitrogens is 2. The Morgan fingerprint density at radius 3 is 2.44 bits per heavy atom.